The van der Waals surface area contributed by atoms with Crippen molar-refractivity contribution in [2.75, 3.05) is 27.5 Å². The molecule has 0 saturated heterocycles. The minimum absolute atomic E-state index is 0.0222. The molecule has 13 heteroatoms. The number of fused-ring (bicyclic) bond motifs is 2. The third-order valence-corrected chi connectivity index (χ3v) is 5.74. The Bertz CT molecular complexity index is 1120. The molecule has 4 rings (SSSR count). The standard InChI is InChI=1S/C19H18N4O9/c1-20-4-3-10-5-16-18(32-9-31-16)19(30-2)17(10)15(20)8-12-13(22(26)27)6-11(21(24)25)7-14(12)23(28)29/h5-7,15H,3-4,8-9H2,1-2H3/t15-/m0/s1. The fourth-order valence-electron chi connectivity index (χ4n) is 4.24. The Balaban J connectivity index is 1.90. The number of rotatable bonds is 6. The number of nitrogens with zero attached hydrogens (tertiary/aromatic N) is 4. The topological polar surface area (TPSA) is 160 Å². The van der Waals surface area contributed by atoms with E-state index in [4.69, 9.17) is 14.2 Å². The summed E-state index contributed by atoms with van der Waals surface area (Å²) in [6.07, 6.45) is 0.504. The molecular weight excluding hydrogens is 428 g/mol. The first-order chi connectivity index (χ1) is 15.2. The first-order valence-electron chi connectivity index (χ1n) is 9.52. The van der Waals surface area contributed by atoms with E-state index >= 15 is 0 Å². The molecule has 0 aliphatic carbocycles. The van der Waals surface area contributed by atoms with Crippen LogP contribution in [0, 0.1) is 30.3 Å². The molecule has 2 aliphatic heterocycles. The lowest BCUT2D eigenvalue weighted by atomic mass is 9.86. The highest BCUT2D eigenvalue weighted by molar-refractivity contribution is 5.64. The maximum atomic E-state index is 11.7. The van der Waals surface area contributed by atoms with Gasteiger partial charge in [0, 0.05) is 24.6 Å². The molecular formula is C19H18N4O9. The molecule has 2 heterocycles. The predicted octanol–water partition coefficient (Wildman–Crippen LogP) is 2.92. The number of hydrogen-bond donors (Lipinski definition) is 0. The van der Waals surface area contributed by atoms with Crippen molar-refractivity contribution in [1.82, 2.24) is 4.90 Å². The molecule has 0 amide bonds. The van der Waals surface area contributed by atoms with E-state index in [2.05, 4.69) is 0 Å². The Morgan fingerprint density at radius 3 is 2.28 bits per heavy atom. The van der Waals surface area contributed by atoms with Gasteiger partial charge in [0.05, 0.1) is 34.0 Å². The smallest absolute Gasteiger partial charge is 0.286 e. The first-order valence-corrected chi connectivity index (χ1v) is 9.52. The summed E-state index contributed by atoms with van der Waals surface area (Å²) in [5.41, 5.74) is -0.702. The molecule has 168 valence electrons. The summed E-state index contributed by atoms with van der Waals surface area (Å²) in [7, 11) is 3.25. The van der Waals surface area contributed by atoms with E-state index in [1.54, 1.807) is 7.05 Å². The average Bonchev–Trinajstić information content (AvgIpc) is 3.21. The van der Waals surface area contributed by atoms with Gasteiger partial charge in [0.1, 0.15) is 5.56 Å². The molecule has 0 bridgehead atoms. The van der Waals surface area contributed by atoms with Crippen LogP contribution >= 0.6 is 0 Å². The van der Waals surface area contributed by atoms with Gasteiger partial charge < -0.3 is 14.2 Å². The molecule has 2 aliphatic rings. The normalized spacial score (nSPS) is 17.0. The lowest BCUT2D eigenvalue weighted by molar-refractivity contribution is -0.404. The second-order valence-corrected chi connectivity index (χ2v) is 7.40. The Morgan fingerprint density at radius 1 is 1.06 bits per heavy atom. The van der Waals surface area contributed by atoms with Crippen molar-refractivity contribution in [3.05, 3.63) is 65.2 Å². The second-order valence-electron chi connectivity index (χ2n) is 7.40. The molecule has 0 aromatic heterocycles. The SMILES string of the molecule is COc1c2c(cc3c1[C@H](Cc1c([N+](=O)[O-])cc([N+](=O)[O-])cc1[N+](=O)[O-])N(C)CC3)OCO2. The van der Waals surface area contributed by atoms with Crippen molar-refractivity contribution in [3.63, 3.8) is 0 Å². The van der Waals surface area contributed by atoms with Crippen LogP contribution in [0.3, 0.4) is 0 Å². The minimum atomic E-state index is -0.893. The van der Waals surface area contributed by atoms with E-state index in [1.807, 2.05) is 11.0 Å². The van der Waals surface area contributed by atoms with Gasteiger partial charge in [0.15, 0.2) is 11.5 Å². The van der Waals surface area contributed by atoms with Gasteiger partial charge in [-0.3, -0.25) is 35.2 Å². The summed E-state index contributed by atoms with van der Waals surface area (Å²) in [6.45, 7) is 0.601. The monoisotopic (exact) mass is 446 g/mol. The highest BCUT2D eigenvalue weighted by Crippen LogP contribution is 2.50. The lowest BCUT2D eigenvalue weighted by Crippen LogP contribution is -2.34. The fourth-order valence-corrected chi connectivity index (χ4v) is 4.24. The molecule has 0 fully saturated rings. The summed E-state index contributed by atoms with van der Waals surface area (Å²) < 4.78 is 16.6. The van der Waals surface area contributed by atoms with Gasteiger partial charge in [-0.15, -0.1) is 0 Å². The molecule has 0 radical (unpaired) electrons. The van der Waals surface area contributed by atoms with Crippen LogP contribution in [0.1, 0.15) is 22.7 Å². The summed E-state index contributed by atoms with van der Waals surface area (Å²) in [4.78, 5) is 33.9. The average molecular weight is 446 g/mol. The summed E-state index contributed by atoms with van der Waals surface area (Å²) >= 11 is 0. The predicted molar refractivity (Wildman–Crippen MR) is 108 cm³/mol. The Hall–Kier alpha value is -4.00. The van der Waals surface area contributed by atoms with Crippen LogP contribution in [0.5, 0.6) is 17.2 Å². The number of hydrogen-bond acceptors (Lipinski definition) is 10. The Morgan fingerprint density at radius 2 is 1.72 bits per heavy atom. The van der Waals surface area contributed by atoms with Crippen LogP contribution in [-0.4, -0.2) is 47.2 Å². The summed E-state index contributed by atoms with van der Waals surface area (Å²) in [6, 6.07) is 2.78. The largest absolute Gasteiger partial charge is 0.492 e. The number of non-ortho nitro benzene ring substituents is 1. The van der Waals surface area contributed by atoms with Crippen molar-refractivity contribution < 1.29 is 29.0 Å². The quantitative estimate of drug-likeness (QED) is 0.476. The molecule has 32 heavy (non-hydrogen) atoms. The second kappa shape index (κ2) is 7.92. The molecule has 0 saturated carbocycles. The zero-order chi connectivity index (χ0) is 23.2. The number of likely N-dealkylation sites (N-methyl/N-ethyl adjacent to an activating group) is 1. The fraction of sp³-hybridized carbons (Fsp3) is 0.368. The molecule has 2 aromatic carbocycles. The Kier molecular flexibility index (Phi) is 5.26. The molecule has 0 unspecified atom stereocenters. The van der Waals surface area contributed by atoms with Crippen molar-refractivity contribution >= 4 is 17.1 Å². The van der Waals surface area contributed by atoms with Gasteiger partial charge in [0.25, 0.3) is 17.1 Å². The van der Waals surface area contributed by atoms with E-state index < -0.39 is 37.9 Å². The maximum Gasteiger partial charge on any atom is 0.286 e. The maximum absolute atomic E-state index is 11.7. The van der Waals surface area contributed by atoms with Crippen molar-refractivity contribution in [1.29, 1.82) is 0 Å². The van der Waals surface area contributed by atoms with Gasteiger partial charge in [-0.2, -0.15) is 0 Å². The minimum Gasteiger partial charge on any atom is -0.492 e. The van der Waals surface area contributed by atoms with Gasteiger partial charge in [0.2, 0.25) is 12.5 Å². The van der Waals surface area contributed by atoms with Crippen molar-refractivity contribution in [3.8, 4) is 17.2 Å². The Labute approximate surface area is 180 Å². The van der Waals surface area contributed by atoms with Crippen molar-refractivity contribution in [2.45, 2.75) is 18.9 Å². The van der Waals surface area contributed by atoms with Gasteiger partial charge in [-0.1, -0.05) is 0 Å². The van der Waals surface area contributed by atoms with Crippen LogP contribution in [-0.2, 0) is 12.8 Å². The first kappa shape index (κ1) is 21.2. The number of benzene rings is 2. The highest BCUT2D eigenvalue weighted by Gasteiger charge is 2.38. The van der Waals surface area contributed by atoms with E-state index in [9.17, 15) is 30.3 Å². The summed E-state index contributed by atoms with van der Waals surface area (Å²) in [5.74, 6) is 1.33. The zero-order valence-electron chi connectivity index (χ0n) is 17.1. The van der Waals surface area contributed by atoms with Gasteiger partial charge >= 0.3 is 0 Å². The third kappa shape index (κ3) is 3.41. The number of methoxy groups -OCH3 is 1. The number of nitro benzene ring substituents is 3. The van der Waals surface area contributed by atoms with E-state index in [0.717, 1.165) is 17.7 Å². The lowest BCUT2D eigenvalue weighted by Gasteiger charge is -2.35. The number of nitro groups is 3. The summed E-state index contributed by atoms with van der Waals surface area (Å²) in [5, 5.41) is 34.6. The van der Waals surface area contributed by atoms with Crippen LogP contribution in [0.15, 0.2) is 18.2 Å². The van der Waals surface area contributed by atoms with E-state index in [1.165, 1.54) is 7.11 Å². The third-order valence-electron chi connectivity index (χ3n) is 5.74. The van der Waals surface area contributed by atoms with Gasteiger partial charge in [-0.05, 0) is 25.1 Å². The molecule has 13 nitrogen and oxygen atoms in total. The molecule has 0 spiro atoms. The molecule has 2 aromatic rings. The highest BCUT2D eigenvalue weighted by atomic mass is 16.7. The van der Waals surface area contributed by atoms with Crippen LogP contribution in [0.4, 0.5) is 17.1 Å². The van der Waals surface area contributed by atoms with E-state index in [0.29, 0.717) is 35.8 Å². The van der Waals surface area contributed by atoms with Gasteiger partial charge in [-0.25, -0.2) is 0 Å². The van der Waals surface area contributed by atoms with E-state index in [-0.39, 0.29) is 18.8 Å². The van der Waals surface area contributed by atoms with Crippen molar-refractivity contribution in [2.24, 2.45) is 0 Å². The molecule has 0 N–H and O–H groups in total. The van der Waals surface area contributed by atoms with Crippen LogP contribution < -0.4 is 14.2 Å². The zero-order valence-corrected chi connectivity index (χ0v) is 17.1. The molecule has 1 atom stereocenters. The van der Waals surface area contributed by atoms with Crippen LogP contribution in [0.2, 0.25) is 0 Å². The number of ether oxygens (including phenoxy) is 3. The van der Waals surface area contributed by atoms with Crippen LogP contribution in [0.25, 0.3) is 0 Å².